The zero-order chi connectivity index (χ0) is 20.5. The Bertz CT molecular complexity index is 902. The van der Waals surface area contributed by atoms with E-state index in [9.17, 15) is 4.79 Å². The van der Waals surface area contributed by atoms with E-state index in [-0.39, 0.29) is 10.8 Å². The van der Waals surface area contributed by atoms with E-state index in [0.29, 0.717) is 12.2 Å². The molecule has 1 aliphatic rings. The summed E-state index contributed by atoms with van der Waals surface area (Å²) < 4.78 is 5.47. The molecule has 2 aromatic carbocycles. The van der Waals surface area contributed by atoms with Crippen LogP contribution in [0.3, 0.4) is 0 Å². The van der Waals surface area contributed by atoms with E-state index in [1.165, 1.54) is 29.5 Å². The number of rotatable bonds is 5. The molecule has 0 amide bonds. The summed E-state index contributed by atoms with van der Waals surface area (Å²) in [6.45, 7) is 9.89. The minimum atomic E-state index is -0.905. The molecular weight excluding hydrogens is 348 g/mol. The van der Waals surface area contributed by atoms with Crippen LogP contribution in [0.2, 0.25) is 0 Å². The number of carboxylic acid groups (broad SMARTS) is 1. The summed E-state index contributed by atoms with van der Waals surface area (Å²) in [5.74, 6) is -0.905. The number of benzene rings is 2. The summed E-state index contributed by atoms with van der Waals surface area (Å²) in [5.41, 5.74) is 6.80. The van der Waals surface area contributed by atoms with Crippen LogP contribution in [0, 0.1) is 0 Å². The third-order valence-electron chi connectivity index (χ3n) is 6.03. The summed E-state index contributed by atoms with van der Waals surface area (Å²) in [5, 5.41) is 9.05. The maximum Gasteiger partial charge on any atom is 0.335 e. The molecule has 0 heterocycles. The van der Waals surface area contributed by atoms with Crippen molar-refractivity contribution in [1.29, 1.82) is 0 Å². The van der Waals surface area contributed by atoms with Crippen LogP contribution < -0.4 is 0 Å². The van der Waals surface area contributed by atoms with Gasteiger partial charge in [-0.05, 0) is 63.6 Å². The van der Waals surface area contributed by atoms with Crippen LogP contribution in [0.5, 0.6) is 0 Å². The molecule has 0 bridgehead atoms. The third-order valence-corrected chi connectivity index (χ3v) is 6.03. The van der Waals surface area contributed by atoms with Crippen LogP contribution in [-0.4, -0.2) is 18.2 Å². The Labute approximate surface area is 168 Å². The van der Waals surface area contributed by atoms with Crippen molar-refractivity contribution in [2.45, 2.75) is 58.0 Å². The highest BCUT2D eigenvalue weighted by Gasteiger charge is 2.37. The molecule has 0 atom stereocenters. The van der Waals surface area contributed by atoms with E-state index in [0.717, 1.165) is 11.1 Å². The first-order valence-corrected chi connectivity index (χ1v) is 9.82. The van der Waals surface area contributed by atoms with Crippen molar-refractivity contribution in [2.24, 2.45) is 0 Å². The molecule has 1 aliphatic carbocycles. The molecule has 148 valence electrons. The monoisotopic (exact) mass is 378 g/mol. The lowest BCUT2D eigenvalue weighted by atomic mass is 9.62. The Morgan fingerprint density at radius 2 is 1.57 bits per heavy atom. The van der Waals surface area contributed by atoms with E-state index in [2.05, 4.69) is 45.9 Å². The smallest absolute Gasteiger partial charge is 0.335 e. The lowest BCUT2D eigenvalue weighted by Gasteiger charge is -2.42. The van der Waals surface area contributed by atoms with Crippen molar-refractivity contribution in [2.75, 3.05) is 7.11 Å². The van der Waals surface area contributed by atoms with Gasteiger partial charge in [-0.3, -0.25) is 0 Å². The van der Waals surface area contributed by atoms with E-state index in [1.807, 2.05) is 18.2 Å². The van der Waals surface area contributed by atoms with Crippen LogP contribution in [0.4, 0.5) is 0 Å². The molecule has 0 spiro atoms. The molecule has 0 radical (unpaired) electrons. The normalized spacial score (nSPS) is 17.5. The van der Waals surface area contributed by atoms with Crippen molar-refractivity contribution in [1.82, 2.24) is 0 Å². The molecule has 2 aromatic rings. The van der Waals surface area contributed by atoms with Gasteiger partial charge in [0, 0.05) is 7.11 Å². The first-order valence-electron chi connectivity index (χ1n) is 9.82. The van der Waals surface area contributed by atoms with Gasteiger partial charge >= 0.3 is 5.97 Å². The third kappa shape index (κ3) is 4.05. The van der Waals surface area contributed by atoms with Crippen LogP contribution in [0.25, 0.3) is 12.2 Å². The van der Waals surface area contributed by atoms with Crippen molar-refractivity contribution >= 4 is 18.1 Å². The second kappa shape index (κ2) is 7.56. The van der Waals surface area contributed by atoms with Crippen LogP contribution in [0.15, 0.2) is 36.4 Å². The van der Waals surface area contributed by atoms with Crippen LogP contribution in [0.1, 0.15) is 78.7 Å². The second-order valence-electron chi connectivity index (χ2n) is 9.06. The summed E-state index contributed by atoms with van der Waals surface area (Å²) in [6, 6.07) is 11.6. The Kier molecular flexibility index (Phi) is 5.49. The average molecular weight is 379 g/mol. The number of methoxy groups -OCH3 is 1. The van der Waals surface area contributed by atoms with Gasteiger partial charge in [0.05, 0.1) is 12.2 Å². The minimum Gasteiger partial charge on any atom is -0.478 e. The SMILES string of the molecule is COCc1cc2c(cc1/C=C/c1ccc(C(=O)O)cc1)C(C)(C)CCC2(C)C. The number of carboxylic acids is 1. The van der Waals surface area contributed by atoms with Gasteiger partial charge in [-0.2, -0.15) is 0 Å². The molecule has 0 saturated heterocycles. The standard InChI is InChI=1S/C25H30O3/c1-24(2)12-13-25(3,4)22-15-20(16-28-5)19(14-21(22)24)11-8-17-6-9-18(10-7-17)23(26)27/h6-11,14-15H,12-13,16H2,1-5H3,(H,26,27)/b11-8+. The number of aromatic carboxylic acids is 1. The van der Waals surface area contributed by atoms with E-state index in [1.54, 1.807) is 19.2 Å². The molecular formula is C25H30O3. The second-order valence-corrected chi connectivity index (χ2v) is 9.06. The Balaban J connectivity index is 2.03. The van der Waals surface area contributed by atoms with Gasteiger partial charge in [0.15, 0.2) is 0 Å². The first kappa shape index (κ1) is 20.3. The number of ether oxygens (including phenoxy) is 1. The summed E-state index contributed by atoms with van der Waals surface area (Å²) in [7, 11) is 1.73. The van der Waals surface area contributed by atoms with Crippen molar-refractivity contribution in [3.63, 3.8) is 0 Å². The molecule has 1 N–H and O–H groups in total. The molecule has 28 heavy (non-hydrogen) atoms. The van der Waals surface area contributed by atoms with Gasteiger partial charge < -0.3 is 9.84 Å². The first-order chi connectivity index (χ1) is 13.1. The molecule has 0 aromatic heterocycles. The molecule has 3 nitrogen and oxygen atoms in total. The average Bonchev–Trinajstić information content (AvgIpc) is 2.65. The number of carbonyl (C=O) groups is 1. The predicted molar refractivity (Wildman–Crippen MR) is 115 cm³/mol. The highest BCUT2D eigenvalue weighted by atomic mass is 16.5. The molecule has 0 fully saturated rings. The highest BCUT2D eigenvalue weighted by molar-refractivity contribution is 5.88. The molecule has 3 rings (SSSR count). The number of hydrogen-bond donors (Lipinski definition) is 1. The van der Waals surface area contributed by atoms with Gasteiger partial charge in [0.25, 0.3) is 0 Å². The minimum absolute atomic E-state index is 0.155. The highest BCUT2D eigenvalue weighted by Crippen LogP contribution is 2.46. The fraction of sp³-hybridized carbons (Fsp3) is 0.400. The lowest BCUT2D eigenvalue weighted by molar-refractivity contribution is 0.0697. The van der Waals surface area contributed by atoms with Gasteiger partial charge in [0.2, 0.25) is 0 Å². The van der Waals surface area contributed by atoms with E-state index in [4.69, 9.17) is 9.84 Å². The summed E-state index contributed by atoms with van der Waals surface area (Å²) in [6.07, 6.45) is 6.51. The molecule has 0 aliphatic heterocycles. The van der Waals surface area contributed by atoms with Gasteiger partial charge in [-0.15, -0.1) is 0 Å². The Hall–Kier alpha value is -2.39. The van der Waals surface area contributed by atoms with Crippen molar-refractivity contribution < 1.29 is 14.6 Å². The number of fused-ring (bicyclic) bond motifs is 1. The summed E-state index contributed by atoms with van der Waals surface area (Å²) >= 11 is 0. The maximum absolute atomic E-state index is 11.0. The van der Waals surface area contributed by atoms with Crippen molar-refractivity contribution in [3.05, 3.63) is 69.8 Å². The maximum atomic E-state index is 11.0. The summed E-state index contributed by atoms with van der Waals surface area (Å²) in [4.78, 5) is 11.0. The fourth-order valence-corrected chi connectivity index (χ4v) is 4.03. The van der Waals surface area contributed by atoms with Gasteiger partial charge in [-0.25, -0.2) is 4.79 Å². The van der Waals surface area contributed by atoms with Crippen LogP contribution >= 0.6 is 0 Å². The van der Waals surface area contributed by atoms with Gasteiger partial charge in [-0.1, -0.05) is 64.1 Å². The molecule has 0 saturated carbocycles. The van der Waals surface area contributed by atoms with Crippen molar-refractivity contribution in [3.8, 4) is 0 Å². The number of hydrogen-bond acceptors (Lipinski definition) is 2. The van der Waals surface area contributed by atoms with E-state index < -0.39 is 5.97 Å². The van der Waals surface area contributed by atoms with E-state index >= 15 is 0 Å². The zero-order valence-corrected chi connectivity index (χ0v) is 17.5. The Morgan fingerprint density at radius 3 is 2.11 bits per heavy atom. The predicted octanol–water partition coefficient (Wildman–Crippen LogP) is 6.05. The van der Waals surface area contributed by atoms with Gasteiger partial charge in [0.1, 0.15) is 0 Å². The molecule has 0 unspecified atom stereocenters. The molecule has 3 heteroatoms. The lowest BCUT2D eigenvalue weighted by Crippen LogP contribution is -2.34. The quantitative estimate of drug-likeness (QED) is 0.644. The van der Waals surface area contributed by atoms with Crippen LogP contribution in [-0.2, 0) is 22.2 Å². The topological polar surface area (TPSA) is 46.5 Å². The zero-order valence-electron chi connectivity index (χ0n) is 17.5. The largest absolute Gasteiger partial charge is 0.478 e. The fourth-order valence-electron chi connectivity index (χ4n) is 4.03. The Morgan fingerprint density at radius 1 is 1.00 bits per heavy atom.